The predicted molar refractivity (Wildman–Crippen MR) is 58.3 cm³/mol. The van der Waals surface area contributed by atoms with Gasteiger partial charge in [0.15, 0.2) is 0 Å². The van der Waals surface area contributed by atoms with Gasteiger partial charge in [-0.15, -0.1) is 11.6 Å². The minimum absolute atomic E-state index is 0.0275. The molecule has 15 heavy (non-hydrogen) atoms. The number of halogens is 1. The van der Waals surface area contributed by atoms with Crippen LogP contribution < -0.4 is 10.0 Å². The molecule has 0 radical (unpaired) electrons. The minimum atomic E-state index is -3.37. The van der Waals surface area contributed by atoms with E-state index in [2.05, 4.69) is 10.0 Å². The van der Waals surface area contributed by atoms with Crippen molar-refractivity contribution in [1.29, 1.82) is 0 Å². The highest BCUT2D eigenvalue weighted by atomic mass is 35.5. The van der Waals surface area contributed by atoms with E-state index in [0.717, 1.165) is 6.42 Å². The van der Waals surface area contributed by atoms with Crippen molar-refractivity contribution in [3.8, 4) is 0 Å². The maximum Gasteiger partial charge on any atom is 0.238 e. The summed E-state index contributed by atoms with van der Waals surface area (Å²) in [6, 6.07) is -0.612. The van der Waals surface area contributed by atoms with Gasteiger partial charge < -0.3 is 5.32 Å². The Bertz CT molecular complexity index is 318. The standard InChI is InChI=1S/C8H15ClN2O3S/c9-4-2-6-15(13,14)11-7-3-1-5-10-8(7)12/h7,11H,1-6H2,(H,10,12). The van der Waals surface area contributed by atoms with Crippen LogP contribution in [0.25, 0.3) is 0 Å². The zero-order valence-electron chi connectivity index (χ0n) is 8.33. The highest BCUT2D eigenvalue weighted by Gasteiger charge is 2.26. The van der Waals surface area contributed by atoms with Gasteiger partial charge in [0.1, 0.15) is 6.04 Å². The molecular formula is C8H15ClN2O3S. The van der Waals surface area contributed by atoms with Crippen LogP contribution in [0.3, 0.4) is 0 Å². The van der Waals surface area contributed by atoms with E-state index in [1.165, 1.54) is 0 Å². The number of carbonyl (C=O) groups is 1. The fraction of sp³-hybridized carbons (Fsp3) is 0.875. The monoisotopic (exact) mass is 254 g/mol. The molecule has 1 amide bonds. The molecule has 1 rings (SSSR count). The maximum absolute atomic E-state index is 11.5. The first kappa shape index (κ1) is 12.7. The van der Waals surface area contributed by atoms with Crippen LogP contribution in [0.15, 0.2) is 0 Å². The number of carbonyl (C=O) groups excluding carboxylic acids is 1. The number of alkyl halides is 1. The summed E-state index contributed by atoms with van der Waals surface area (Å²) in [5.74, 6) is 0.0358. The second-order valence-electron chi connectivity index (χ2n) is 3.47. The zero-order chi connectivity index (χ0) is 11.3. The summed E-state index contributed by atoms with van der Waals surface area (Å²) in [5.41, 5.74) is 0. The SMILES string of the molecule is O=C1NCCCC1NS(=O)(=O)CCCCl. The van der Waals surface area contributed by atoms with Crippen LogP contribution in [-0.4, -0.2) is 38.5 Å². The quantitative estimate of drug-likeness (QED) is 0.668. The molecule has 1 heterocycles. The summed E-state index contributed by atoms with van der Waals surface area (Å²) >= 11 is 5.41. The fourth-order valence-electron chi connectivity index (χ4n) is 1.40. The molecule has 2 N–H and O–H groups in total. The van der Waals surface area contributed by atoms with Crippen LogP contribution in [0.5, 0.6) is 0 Å². The summed E-state index contributed by atoms with van der Waals surface area (Å²) in [6.45, 7) is 0.624. The Morgan fingerprint density at radius 3 is 2.87 bits per heavy atom. The van der Waals surface area contributed by atoms with Crippen molar-refractivity contribution < 1.29 is 13.2 Å². The van der Waals surface area contributed by atoms with E-state index in [0.29, 0.717) is 25.3 Å². The van der Waals surface area contributed by atoms with Crippen LogP contribution >= 0.6 is 11.6 Å². The molecule has 0 saturated carbocycles. The summed E-state index contributed by atoms with van der Waals surface area (Å²) in [5, 5.41) is 2.62. The van der Waals surface area contributed by atoms with E-state index in [-0.39, 0.29) is 11.7 Å². The summed E-state index contributed by atoms with van der Waals surface area (Å²) in [6.07, 6.45) is 1.76. The minimum Gasteiger partial charge on any atom is -0.355 e. The number of hydrogen-bond acceptors (Lipinski definition) is 3. The van der Waals surface area contributed by atoms with Crippen LogP contribution in [-0.2, 0) is 14.8 Å². The van der Waals surface area contributed by atoms with E-state index in [1.54, 1.807) is 0 Å². The van der Waals surface area contributed by atoms with Crippen molar-refractivity contribution in [3.63, 3.8) is 0 Å². The molecule has 1 aliphatic heterocycles. The normalized spacial score (nSPS) is 22.5. The highest BCUT2D eigenvalue weighted by Crippen LogP contribution is 2.05. The Balaban J connectivity index is 2.48. The molecule has 1 saturated heterocycles. The molecule has 1 aliphatic rings. The highest BCUT2D eigenvalue weighted by molar-refractivity contribution is 7.89. The maximum atomic E-state index is 11.5. The van der Waals surface area contributed by atoms with Gasteiger partial charge in [-0.3, -0.25) is 4.79 Å². The average Bonchev–Trinajstić information content (AvgIpc) is 2.18. The Kier molecular flexibility index (Phi) is 4.82. The Morgan fingerprint density at radius 2 is 2.27 bits per heavy atom. The summed E-state index contributed by atoms with van der Waals surface area (Å²) in [7, 11) is -3.37. The number of amides is 1. The van der Waals surface area contributed by atoms with E-state index in [1.807, 2.05) is 0 Å². The molecule has 0 aromatic carbocycles. The third-order valence-electron chi connectivity index (χ3n) is 2.15. The number of sulfonamides is 1. The summed E-state index contributed by atoms with van der Waals surface area (Å²) < 4.78 is 25.3. The van der Waals surface area contributed by atoms with Gasteiger partial charge in [0.2, 0.25) is 15.9 Å². The zero-order valence-corrected chi connectivity index (χ0v) is 9.90. The molecule has 1 unspecified atom stereocenters. The van der Waals surface area contributed by atoms with Crippen molar-refractivity contribution in [2.24, 2.45) is 0 Å². The molecule has 0 bridgehead atoms. The number of hydrogen-bond donors (Lipinski definition) is 2. The van der Waals surface area contributed by atoms with Gasteiger partial charge in [0, 0.05) is 12.4 Å². The largest absolute Gasteiger partial charge is 0.355 e. The lowest BCUT2D eigenvalue weighted by Crippen LogP contribution is -2.50. The van der Waals surface area contributed by atoms with Gasteiger partial charge in [-0.25, -0.2) is 13.1 Å². The Hall–Kier alpha value is -0.330. The topological polar surface area (TPSA) is 75.3 Å². The molecule has 0 spiro atoms. The molecule has 0 aromatic heterocycles. The molecular weight excluding hydrogens is 240 g/mol. The smallest absolute Gasteiger partial charge is 0.238 e. The van der Waals surface area contributed by atoms with Gasteiger partial charge in [-0.1, -0.05) is 0 Å². The Morgan fingerprint density at radius 1 is 1.53 bits per heavy atom. The van der Waals surface area contributed by atoms with Gasteiger partial charge >= 0.3 is 0 Å². The van der Waals surface area contributed by atoms with Crippen LogP contribution in [0.1, 0.15) is 19.3 Å². The molecule has 7 heteroatoms. The van der Waals surface area contributed by atoms with E-state index < -0.39 is 16.1 Å². The third kappa shape index (κ3) is 4.36. The number of nitrogens with one attached hydrogen (secondary N) is 2. The molecule has 1 atom stereocenters. The van der Waals surface area contributed by atoms with E-state index >= 15 is 0 Å². The first-order valence-corrected chi connectivity index (χ1v) is 7.07. The predicted octanol–water partition coefficient (Wildman–Crippen LogP) is -0.187. The lowest BCUT2D eigenvalue weighted by molar-refractivity contribution is -0.124. The summed E-state index contributed by atoms with van der Waals surface area (Å²) in [4.78, 5) is 11.3. The molecule has 1 fully saturated rings. The second kappa shape index (κ2) is 5.67. The van der Waals surface area contributed by atoms with Gasteiger partial charge in [0.25, 0.3) is 0 Å². The number of rotatable bonds is 5. The van der Waals surface area contributed by atoms with Gasteiger partial charge in [-0.05, 0) is 19.3 Å². The van der Waals surface area contributed by atoms with Crippen molar-refractivity contribution in [3.05, 3.63) is 0 Å². The number of piperidine rings is 1. The molecule has 88 valence electrons. The fourth-order valence-corrected chi connectivity index (χ4v) is 3.00. The van der Waals surface area contributed by atoms with E-state index in [4.69, 9.17) is 11.6 Å². The van der Waals surface area contributed by atoms with Crippen LogP contribution in [0.2, 0.25) is 0 Å². The average molecular weight is 255 g/mol. The third-order valence-corrected chi connectivity index (χ3v) is 3.89. The first-order valence-electron chi connectivity index (χ1n) is 4.89. The van der Waals surface area contributed by atoms with Crippen molar-refractivity contribution >= 4 is 27.5 Å². The van der Waals surface area contributed by atoms with E-state index in [9.17, 15) is 13.2 Å². The second-order valence-corrected chi connectivity index (χ2v) is 5.72. The van der Waals surface area contributed by atoms with Crippen molar-refractivity contribution in [2.75, 3.05) is 18.2 Å². The lowest BCUT2D eigenvalue weighted by Gasteiger charge is -2.22. The van der Waals surface area contributed by atoms with Crippen molar-refractivity contribution in [1.82, 2.24) is 10.0 Å². The molecule has 5 nitrogen and oxygen atoms in total. The Labute approximate surface area is 94.6 Å². The van der Waals surface area contributed by atoms with Crippen LogP contribution in [0.4, 0.5) is 0 Å². The van der Waals surface area contributed by atoms with Crippen LogP contribution in [0, 0.1) is 0 Å². The lowest BCUT2D eigenvalue weighted by atomic mass is 10.1. The first-order chi connectivity index (χ1) is 7.05. The molecule has 0 aromatic rings. The molecule has 0 aliphatic carbocycles. The van der Waals surface area contributed by atoms with Crippen molar-refractivity contribution in [2.45, 2.75) is 25.3 Å². The van der Waals surface area contributed by atoms with Gasteiger partial charge in [0.05, 0.1) is 5.75 Å². The van der Waals surface area contributed by atoms with Gasteiger partial charge in [-0.2, -0.15) is 0 Å².